The fraction of sp³-hybridized carbons (Fsp3) is 0.417. The summed E-state index contributed by atoms with van der Waals surface area (Å²) < 4.78 is 12.9. The molecule has 2 heterocycles. The van der Waals surface area contributed by atoms with Gasteiger partial charge in [0, 0.05) is 11.4 Å². The molecule has 0 bridgehead atoms. The molecule has 0 aliphatic heterocycles. The molecule has 0 unspecified atom stereocenters. The first-order valence-corrected chi connectivity index (χ1v) is 13.0. The molecule has 1 aromatic carbocycles. The highest BCUT2D eigenvalue weighted by molar-refractivity contribution is 7.99. The molecular formula is C24H28N4O4S2. The quantitative estimate of drug-likeness (QED) is 0.340. The van der Waals surface area contributed by atoms with Gasteiger partial charge in [0.2, 0.25) is 5.91 Å². The minimum absolute atomic E-state index is 0.152. The Morgan fingerprint density at radius 2 is 2.06 bits per heavy atom. The number of rotatable bonds is 9. The summed E-state index contributed by atoms with van der Waals surface area (Å²) >= 11 is 2.78. The third-order valence-corrected chi connectivity index (χ3v) is 7.87. The summed E-state index contributed by atoms with van der Waals surface area (Å²) in [5, 5.41) is 12.7. The van der Waals surface area contributed by atoms with Crippen LogP contribution in [0.3, 0.4) is 0 Å². The summed E-state index contributed by atoms with van der Waals surface area (Å²) in [7, 11) is 1.36. The normalized spacial score (nSPS) is 12.5. The molecule has 4 rings (SSSR count). The first kappa shape index (κ1) is 24.3. The Morgan fingerprint density at radius 1 is 1.24 bits per heavy atom. The molecule has 2 aromatic heterocycles. The van der Waals surface area contributed by atoms with Gasteiger partial charge in [0.05, 0.1) is 18.4 Å². The van der Waals surface area contributed by atoms with Gasteiger partial charge in [-0.15, -0.1) is 21.5 Å². The third-order valence-electron chi connectivity index (χ3n) is 5.69. The highest BCUT2D eigenvalue weighted by atomic mass is 32.2. The summed E-state index contributed by atoms with van der Waals surface area (Å²) in [4.78, 5) is 26.2. The smallest absolute Gasteiger partial charge is 0.341 e. The summed E-state index contributed by atoms with van der Waals surface area (Å²) in [6.07, 6.45) is 2.80. The Bertz CT molecular complexity index is 1220. The van der Waals surface area contributed by atoms with E-state index in [0.29, 0.717) is 34.7 Å². The van der Waals surface area contributed by atoms with Crippen molar-refractivity contribution < 1.29 is 19.1 Å². The first-order chi connectivity index (χ1) is 16.4. The number of amides is 1. The molecule has 0 spiro atoms. The number of esters is 1. The fourth-order valence-electron chi connectivity index (χ4n) is 4.06. The topological polar surface area (TPSA) is 95.3 Å². The zero-order chi connectivity index (χ0) is 24.2. The molecular weight excluding hydrogens is 472 g/mol. The average Bonchev–Trinajstić information content (AvgIpc) is 3.50. The van der Waals surface area contributed by atoms with Gasteiger partial charge in [-0.25, -0.2) is 4.79 Å². The SMILES string of the molecule is CCn1c(COc2ccc(C)cc2C)nnc1SCC(=O)Nc1sc2c(c1C(=O)OC)CCC2. The number of nitrogens with one attached hydrogen (secondary N) is 1. The molecule has 34 heavy (non-hydrogen) atoms. The van der Waals surface area contributed by atoms with Gasteiger partial charge in [-0.05, 0) is 57.2 Å². The maximum absolute atomic E-state index is 12.7. The van der Waals surface area contributed by atoms with Crippen LogP contribution in [0.15, 0.2) is 23.4 Å². The molecule has 8 nitrogen and oxygen atoms in total. The molecule has 1 aliphatic carbocycles. The summed E-state index contributed by atoms with van der Waals surface area (Å²) in [6.45, 7) is 7.02. The molecule has 0 saturated heterocycles. The lowest BCUT2D eigenvalue weighted by Crippen LogP contribution is -2.17. The second-order valence-corrected chi connectivity index (χ2v) is 10.1. The van der Waals surface area contributed by atoms with Gasteiger partial charge < -0.3 is 19.4 Å². The molecule has 180 valence electrons. The molecule has 0 radical (unpaired) electrons. The standard InChI is InChI=1S/C24H28N4O4S2/c1-5-28-19(12-32-17-10-9-14(2)11-15(17)3)26-27-24(28)33-13-20(29)25-22-21(23(30)31-4)16-7-6-8-18(16)34-22/h9-11H,5-8,12-13H2,1-4H3,(H,25,29). The van der Waals surface area contributed by atoms with Gasteiger partial charge in [-0.1, -0.05) is 29.5 Å². The number of fused-ring (bicyclic) bond motifs is 1. The number of ether oxygens (including phenoxy) is 2. The Balaban J connectivity index is 1.39. The van der Waals surface area contributed by atoms with Crippen LogP contribution in [0, 0.1) is 13.8 Å². The van der Waals surface area contributed by atoms with Crippen molar-refractivity contribution in [2.45, 2.75) is 58.3 Å². The maximum atomic E-state index is 12.7. The van der Waals surface area contributed by atoms with Crippen LogP contribution in [-0.2, 0) is 35.5 Å². The van der Waals surface area contributed by atoms with Crippen molar-refractivity contribution in [2.75, 3.05) is 18.2 Å². The molecule has 10 heteroatoms. The van der Waals surface area contributed by atoms with Crippen LogP contribution in [0.1, 0.15) is 51.1 Å². The van der Waals surface area contributed by atoms with Crippen molar-refractivity contribution in [3.8, 4) is 5.75 Å². The third kappa shape index (κ3) is 5.12. The number of anilines is 1. The molecule has 0 fully saturated rings. The maximum Gasteiger partial charge on any atom is 0.341 e. The van der Waals surface area contributed by atoms with Crippen LogP contribution in [0.4, 0.5) is 5.00 Å². The predicted molar refractivity (Wildman–Crippen MR) is 133 cm³/mol. The number of thiophene rings is 1. The molecule has 1 N–H and O–H groups in total. The van der Waals surface area contributed by atoms with Crippen molar-refractivity contribution >= 4 is 40.0 Å². The molecule has 0 saturated carbocycles. The Hall–Kier alpha value is -2.85. The van der Waals surface area contributed by atoms with Gasteiger partial charge in [0.1, 0.15) is 17.4 Å². The van der Waals surface area contributed by atoms with E-state index in [1.165, 1.54) is 35.8 Å². The zero-order valence-electron chi connectivity index (χ0n) is 19.8. The Morgan fingerprint density at radius 3 is 2.79 bits per heavy atom. The minimum Gasteiger partial charge on any atom is -0.485 e. The van der Waals surface area contributed by atoms with E-state index in [1.807, 2.05) is 37.5 Å². The van der Waals surface area contributed by atoms with E-state index in [2.05, 4.69) is 21.6 Å². The highest BCUT2D eigenvalue weighted by Gasteiger charge is 2.28. The largest absolute Gasteiger partial charge is 0.485 e. The van der Waals surface area contributed by atoms with Crippen LogP contribution in [0.5, 0.6) is 5.75 Å². The van der Waals surface area contributed by atoms with E-state index in [0.717, 1.165) is 41.0 Å². The van der Waals surface area contributed by atoms with Gasteiger partial charge in [0.25, 0.3) is 0 Å². The van der Waals surface area contributed by atoms with Crippen LogP contribution in [-0.4, -0.2) is 39.5 Å². The number of hydrogen-bond donors (Lipinski definition) is 1. The van der Waals surface area contributed by atoms with Gasteiger partial charge in [0.15, 0.2) is 11.0 Å². The second-order valence-electron chi connectivity index (χ2n) is 8.09. The van der Waals surface area contributed by atoms with E-state index < -0.39 is 5.97 Å². The van der Waals surface area contributed by atoms with Crippen LogP contribution >= 0.6 is 23.1 Å². The number of aromatic nitrogens is 3. The lowest BCUT2D eigenvalue weighted by Gasteiger charge is -2.11. The number of methoxy groups -OCH3 is 1. The monoisotopic (exact) mass is 500 g/mol. The van der Waals surface area contributed by atoms with Crippen LogP contribution < -0.4 is 10.1 Å². The highest BCUT2D eigenvalue weighted by Crippen LogP contribution is 2.39. The number of carbonyl (C=O) groups is 2. The lowest BCUT2D eigenvalue weighted by atomic mass is 10.1. The van der Waals surface area contributed by atoms with Gasteiger partial charge >= 0.3 is 5.97 Å². The van der Waals surface area contributed by atoms with Crippen molar-refractivity contribution in [1.29, 1.82) is 0 Å². The molecule has 1 amide bonds. The lowest BCUT2D eigenvalue weighted by molar-refractivity contribution is -0.113. The number of aryl methyl sites for hydroxylation is 3. The van der Waals surface area contributed by atoms with E-state index in [1.54, 1.807) is 0 Å². The van der Waals surface area contributed by atoms with Crippen molar-refractivity contribution in [3.05, 3.63) is 51.2 Å². The van der Waals surface area contributed by atoms with E-state index in [-0.39, 0.29) is 11.7 Å². The van der Waals surface area contributed by atoms with Crippen LogP contribution in [0.2, 0.25) is 0 Å². The van der Waals surface area contributed by atoms with E-state index in [4.69, 9.17) is 9.47 Å². The summed E-state index contributed by atoms with van der Waals surface area (Å²) in [5.41, 5.74) is 3.77. The van der Waals surface area contributed by atoms with E-state index in [9.17, 15) is 9.59 Å². The molecule has 3 aromatic rings. The predicted octanol–water partition coefficient (Wildman–Crippen LogP) is 4.56. The fourth-order valence-corrected chi connectivity index (χ4v) is 6.17. The zero-order valence-corrected chi connectivity index (χ0v) is 21.4. The minimum atomic E-state index is -0.401. The van der Waals surface area contributed by atoms with Crippen LogP contribution in [0.25, 0.3) is 0 Å². The van der Waals surface area contributed by atoms with E-state index >= 15 is 0 Å². The van der Waals surface area contributed by atoms with Gasteiger partial charge in [-0.3, -0.25) is 4.79 Å². The van der Waals surface area contributed by atoms with Crippen molar-refractivity contribution in [2.24, 2.45) is 0 Å². The number of nitrogens with zero attached hydrogens (tertiary/aromatic N) is 3. The summed E-state index contributed by atoms with van der Waals surface area (Å²) in [6, 6.07) is 6.05. The number of benzene rings is 1. The first-order valence-electron chi connectivity index (χ1n) is 11.2. The Kier molecular flexibility index (Phi) is 7.57. The molecule has 0 atom stereocenters. The van der Waals surface area contributed by atoms with Gasteiger partial charge in [-0.2, -0.15) is 0 Å². The average molecular weight is 501 g/mol. The van der Waals surface area contributed by atoms with Crippen molar-refractivity contribution in [1.82, 2.24) is 14.8 Å². The Labute approximate surface area is 207 Å². The second kappa shape index (κ2) is 10.6. The van der Waals surface area contributed by atoms with Crippen molar-refractivity contribution in [3.63, 3.8) is 0 Å². The molecule has 1 aliphatic rings. The summed E-state index contributed by atoms with van der Waals surface area (Å²) in [5.74, 6) is 1.07. The number of carbonyl (C=O) groups excluding carboxylic acids is 2. The number of thioether (sulfide) groups is 1. The number of hydrogen-bond acceptors (Lipinski definition) is 8.